The Kier molecular flexibility index (Phi) is 5.33. The minimum absolute atomic E-state index is 0.144. The van der Waals surface area contributed by atoms with Gasteiger partial charge in [0.2, 0.25) is 0 Å². The van der Waals surface area contributed by atoms with Gasteiger partial charge in [-0.25, -0.2) is 4.39 Å². The number of nitrogens with one attached hydrogen (secondary N) is 1. The third kappa shape index (κ3) is 4.93. The van der Waals surface area contributed by atoms with Crippen molar-refractivity contribution < 1.29 is 4.39 Å². The van der Waals surface area contributed by atoms with Crippen LogP contribution in [0.15, 0.2) is 24.3 Å². The highest BCUT2D eigenvalue weighted by Crippen LogP contribution is 2.04. The highest BCUT2D eigenvalue weighted by atomic mass is 19.1. The van der Waals surface area contributed by atoms with Gasteiger partial charge < -0.3 is 5.32 Å². The van der Waals surface area contributed by atoms with Crippen molar-refractivity contribution in [3.05, 3.63) is 35.6 Å². The Bertz CT molecular complexity index is 286. The van der Waals surface area contributed by atoms with E-state index in [1.165, 1.54) is 18.9 Å². The Hall–Kier alpha value is -0.890. The van der Waals surface area contributed by atoms with Gasteiger partial charge in [-0.15, -0.1) is 0 Å². The summed E-state index contributed by atoms with van der Waals surface area (Å²) in [4.78, 5) is 0. The first-order chi connectivity index (χ1) is 7.22. The summed E-state index contributed by atoms with van der Waals surface area (Å²) in [5.41, 5.74) is 1.06. The number of halogens is 1. The zero-order valence-corrected chi connectivity index (χ0v) is 9.59. The molecule has 0 unspecified atom stereocenters. The summed E-state index contributed by atoms with van der Waals surface area (Å²) < 4.78 is 12.9. The first-order valence-corrected chi connectivity index (χ1v) is 5.70. The monoisotopic (exact) mass is 209 g/mol. The summed E-state index contributed by atoms with van der Waals surface area (Å²) >= 11 is 0. The van der Waals surface area contributed by atoms with E-state index < -0.39 is 0 Å². The maximum Gasteiger partial charge on any atom is 0.123 e. The number of hydrogen-bond acceptors (Lipinski definition) is 1. The average molecular weight is 209 g/mol. The standard InChI is InChI=1S/C13H20FN/c1-3-5-11(2)15-9-8-12-6-4-7-13(14)10-12/h4,6-7,10-11,15H,3,5,8-9H2,1-2H3/t11-/m0/s1. The Labute approximate surface area is 91.7 Å². The van der Waals surface area contributed by atoms with Crippen LogP contribution in [-0.4, -0.2) is 12.6 Å². The van der Waals surface area contributed by atoms with Crippen molar-refractivity contribution in [2.45, 2.75) is 39.2 Å². The fraction of sp³-hybridized carbons (Fsp3) is 0.538. The molecule has 0 aromatic heterocycles. The highest BCUT2D eigenvalue weighted by Gasteiger charge is 1.99. The molecule has 1 rings (SSSR count). The van der Waals surface area contributed by atoms with Crippen LogP contribution in [0.2, 0.25) is 0 Å². The Morgan fingerprint density at radius 2 is 2.20 bits per heavy atom. The van der Waals surface area contributed by atoms with Crippen molar-refractivity contribution in [1.82, 2.24) is 5.32 Å². The predicted octanol–water partition coefficient (Wildman–Crippen LogP) is 3.15. The molecule has 0 aliphatic carbocycles. The molecule has 1 aromatic carbocycles. The van der Waals surface area contributed by atoms with Crippen LogP contribution >= 0.6 is 0 Å². The molecule has 0 aliphatic rings. The molecule has 0 saturated carbocycles. The number of rotatable bonds is 6. The van der Waals surface area contributed by atoms with Crippen molar-refractivity contribution in [3.63, 3.8) is 0 Å². The van der Waals surface area contributed by atoms with Gasteiger partial charge in [-0.1, -0.05) is 25.5 Å². The highest BCUT2D eigenvalue weighted by molar-refractivity contribution is 5.16. The van der Waals surface area contributed by atoms with E-state index in [2.05, 4.69) is 19.2 Å². The molecule has 0 aliphatic heterocycles. The molecule has 15 heavy (non-hydrogen) atoms. The van der Waals surface area contributed by atoms with Crippen molar-refractivity contribution in [1.29, 1.82) is 0 Å². The van der Waals surface area contributed by atoms with Gasteiger partial charge in [0.1, 0.15) is 5.82 Å². The second kappa shape index (κ2) is 6.57. The van der Waals surface area contributed by atoms with E-state index in [1.807, 2.05) is 6.07 Å². The smallest absolute Gasteiger partial charge is 0.123 e. The van der Waals surface area contributed by atoms with Crippen LogP contribution in [0.1, 0.15) is 32.3 Å². The lowest BCUT2D eigenvalue weighted by Gasteiger charge is -2.12. The topological polar surface area (TPSA) is 12.0 Å². The van der Waals surface area contributed by atoms with Crippen LogP contribution in [0.4, 0.5) is 4.39 Å². The fourth-order valence-corrected chi connectivity index (χ4v) is 1.69. The summed E-state index contributed by atoms with van der Waals surface area (Å²) in [7, 11) is 0. The first kappa shape index (κ1) is 12.2. The molecule has 84 valence electrons. The van der Waals surface area contributed by atoms with Gasteiger partial charge in [0.25, 0.3) is 0 Å². The minimum Gasteiger partial charge on any atom is -0.314 e. The van der Waals surface area contributed by atoms with Gasteiger partial charge in [0.15, 0.2) is 0 Å². The lowest BCUT2D eigenvalue weighted by Crippen LogP contribution is -2.27. The fourth-order valence-electron chi connectivity index (χ4n) is 1.69. The molecule has 1 nitrogen and oxygen atoms in total. The van der Waals surface area contributed by atoms with E-state index in [0.717, 1.165) is 18.5 Å². The Balaban J connectivity index is 2.25. The number of benzene rings is 1. The second-order valence-electron chi connectivity index (χ2n) is 4.02. The minimum atomic E-state index is -0.144. The van der Waals surface area contributed by atoms with Crippen molar-refractivity contribution in [3.8, 4) is 0 Å². The SMILES string of the molecule is CCC[C@H](C)NCCc1cccc(F)c1. The molecule has 0 saturated heterocycles. The summed E-state index contributed by atoms with van der Waals surface area (Å²) in [6.45, 7) is 5.30. The molecule has 1 aromatic rings. The van der Waals surface area contributed by atoms with Gasteiger partial charge >= 0.3 is 0 Å². The average Bonchev–Trinajstić information content (AvgIpc) is 2.18. The van der Waals surface area contributed by atoms with Gasteiger partial charge in [-0.2, -0.15) is 0 Å². The Morgan fingerprint density at radius 1 is 1.40 bits per heavy atom. The molecular formula is C13H20FN. The molecule has 0 spiro atoms. The van der Waals surface area contributed by atoms with Gasteiger partial charge in [-0.05, 0) is 44.0 Å². The molecule has 0 fully saturated rings. The molecule has 0 bridgehead atoms. The van der Waals surface area contributed by atoms with E-state index in [0.29, 0.717) is 6.04 Å². The maximum atomic E-state index is 12.9. The van der Waals surface area contributed by atoms with E-state index >= 15 is 0 Å². The first-order valence-electron chi connectivity index (χ1n) is 5.70. The lowest BCUT2D eigenvalue weighted by atomic mass is 10.1. The van der Waals surface area contributed by atoms with E-state index in [-0.39, 0.29) is 5.82 Å². The summed E-state index contributed by atoms with van der Waals surface area (Å²) in [6.07, 6.45) is 3.29. The van der Waals surface area contributed by atoms with Crippen molar-refractivity contribution in [2.75, 3.05) is 6.54 Å². The van der Waals surface area contributed by atoms with Crippen LogP contribution in [0, 0.1) is 5.82 Å². The summed E-state index contributed by atoms with van der Waals surface area (Å²) in [5.74, 6) is -0.144. The van der Waals surface area contributed by atoms with Crippen LogP contribution in [0.5, 0.6) is 0 Å². The third-order valence-corrected chi connectivity index (χ3v) is 2.52. The molecular weight excluding hydrogens is 189 g/mol. The number of hydrogen-bond donors (Lipinski definition) is 1. The zero-order valence-electron chi connectivity index (χ0n) is 9.59. The molecule has 0 heterocycles. The van der Waals surface area contributed by atoms with Crippen LogP contribution in [-0.2, 0) is 6.42 Å². The maximum absolute atomic E-state index is 12.9. The van der Waals surface area contributed by atoms with Crippen LogP contribution < -0.4 is 5.32 Å². The van der Waals surface area contributed by atoms with E-state index in [9.17, 15) is 4.39 Å². The normalized spacial score (nSPS) is 12.7. The predicted molar refractivity (Wildman–Crippen MR) is 62.5 cm³/mol. The van der Waals surface area contributed by atoms with E-state index in [4.69, 9.17) is 0 Å². The largest absolute Gasteiger partial charge is 0.314 e. The third-order valence-electron chi connectivity index (χ3n) is 2.52. The van der Waals surface area contributed by atoms with Crippen LogP contribution in [0.3, 0.4) is 0 Å². The van der Waals surface area contributed by atoms with Gasteiger partial charge in [-0.3, -0.25) is 0 Å². The van der Waals surface area contributed by atoms with Gasteiger partial charge in [0.05, 0.1) is 0 Å². The quantitative estimate of drug-likeness (QED) is 0.759. The van der Waals surface area contributed by atoms with Crippen molar-refractivity contribution >= 4 is 0 Å². The summed E-state index contributed by atoms with van der Waals surface area (Å²) in [6, 6.07) is 7.38. The molecule has 0 amide bonds. The second-order valence-corrected chi connectivity index (χ2v) is 4.02. The van der Waals surface area contributed by atoms with Crippen LogP contribution in [0.25, 0.3) is 0 Å². The molecule has 0 radical (unpaired) electrons. The molecule has 2 heteroatoms. The van der Waals surface area contributed by atoms with Gasteiger partial charge in [0, 0.05) is 6.04 Å². The Morgan fingerprint density at radius 3 is 2.87 bits per heavy atom. The van der Waals surface area contributed by atoms with E-state index in [1.54, 1.807) is 12.1 Å². The molecule has 1 atom stereocenters. The zero-order chi connectivity index (χ0) is 11.1. The van der Waals surface area contributed by atoms with Crippen molar-refractivity contribution in [2.24, 2.45) is 0 Å². The summed E-state index contributed by atoms with van der Waals surface area (Å²) in [5, 5.41) is 3.43. The lowest BCUT2D eigenvalue weighted by molar-refractivity contribution is 0.511. The molecule has 1 N–H and O–H groups in total.